The fourth-order valence-corrected chi connectivity index (χ4v) is 4.44. The number of ether oxygens (including phenoxy) is 1. The van der Waals surface area contributed by atoms with Crippen LogP contribution >= 0.6 is 31.9 Å². The van der Waals surface area contributed by atoms with Gasteiger partial charge in [0.2, 0.25) is 11.9 Å². The van der Waals surface area contributed by atoms with Gasteiger partial charge < -0.3 is 10.1 Å². The Kier molecular flexibility index (Phi) is 8.28. The highest BCUT2D eigenvalue weighted by Crippen LogP contribution is 2.21. The van der Waals surface area contributed by atoms with Crippen molar-refractivity contribution < 1.29 is 4.74 Å². The molecule has 0 aliphatic heterocycles. The number of aromatic nitrogens is 5. The van der Waals surface area contributed by atoms with Crippen molar-refractivity contribution in [1.29, 1.82) is 0 Å². The van der Waals surface area contributed by atoms with E-state index >= 15 is 0 Å². The zero-order valence-electron chi connectivity index (χ0n) is 21.1. The van der Waals surface area contributed by atoms with Crippen LogP contribution in [-0.2, 0) is 6.61 Å². The monoisotopic (exact) mass is 646 g/mol. The molecular formula is C28H24Br2N8O. The third-order valence-electron chi connectivity index (χ3n) is 5.49. The molecule has 11 heteroatoms. The van der Waals surface area contributed by atoms with Crippen LogP contribution in [0.25, 0.3) is 5.95 Å². The number of anilines is 3. The molecule has 0 atom stereocenters. The molecule has 2 aromatic heterocycles. The molecule has 0 bridgehead atoms. The minimum absolute atomic E-state index is 0.260. The molecule has 196 valence electrons. The SMILES string of the molecule is Cc1cc(C)n(-c2nc(N/N=C/c3ccccc3OCc3cccc(Br)c3)nc(Nc3ccc(Br)cc3)n2)n1. The summed E-state index contributed by atoms with van der Waals surface area (Å²) in [5, 5.41) is 12.1. The average Bonchev–Trinajstić information content (AvgIpc) is 3.27. The number of halogens is 2. The highest BCUT2D eigenvalue weighted by atomic mass is 79.9. The average molecular weight is 648 g/mol. The van der Waals surface area contributed by atoms with Crippen molar-refractivity contribution in [3.05, 3.63) is 110 Å². The van der Waals surface area contributed by atoms with Crippen LogP contribution in [0.5, 0.6) is 5.75 Å². The Bertz CT molecular complexity index is 1620. The maximum atomic E-state index is 6.06. The summed E-state index contributed by atoms with van der Waals surface area (Å²) in [6.07, 6.45) is 1.67. The summed E-state index contributed by atoms with van der Waals surface area (Å²) in [4.78, 5) is 13.6. The van der Waals surface area contributed by atoms with Gasteiger partial charge >= 0.3 is 0 Å². The van der Waals surface area contributed by atoms with Crippen molar-refractivity contribution in [1.82, 2.24) is 24.7 Å². The lowest BCUT2D eigenvalue weighted by Crippen LogP contribution is -2.11. The first kappa shape index (κ1) is 26.5. The molecule has 0 radical (unpaired) electrons. The van der Waals surface area contributed by atoms with Gasteiger partial charge in [0, 0.05) is 25.9 Å². The topological polar surface area (TPSA) is 102 Å². The molecule has 5 rings (SSSR count). The molecule has 39 heavy (non-hydrogen) atoms. The summed E-state index contributed by atoms with van der Waals surface area (Å²) in [6.45, 7) is 4.30. The molecule has 3 aromatic carbocycles. The van der Waals surface area contributed by atoms with Gasteiger partial charge in [0.25, 0.3) is 5.95 Å². The zero-order valence-corrected chi connectivity index (χ0v) is 24.3. The molecule has 5 aromatic rings. The molecule has 2 N–H and O–H groups in total. The van der Waals surface area contributed by atoms with Crippen LogP contribution in [0.15, 0.2) is 92.9 Å². The van der Waals surface area contributed by atoms with Crippen LogP contribution in [0, 0.1) is 13.8 Å². The van der Waals surface area contributed by atoms with E-state index in [0.717, 1.165) is 37.1 Å². The molecule has 0 amide bonds. The molecule has 2 heterocycles. The third-order valence-corrected chi connectivity index (χ3v) is 6.52. The highest BCUT2D eigenvalue weighted by molar-refractivity contribution is 9.10. The fraction of sp³-hybridized carbons (Fsp3) is 0.107. The van der Waals surface area contributed by atoms with Crippen molar-refractivity contribution in [2.75, 3.05) is 10.7 Å². The molecule has 0 fully saturated rings. The molecule has 9 nitrogen and oxygen atoms in total. The van der Waals surface area contributed by atoms with Crippen molar-refractivity contribution >= 4 is 55.7 Å². The first-order valence-corrected chi connectivity index (χ1v) is 13.6. The Morgan fingerprint density at radius 1 is 0.872 bits per heavy atom. The molecule has 0 aliphatic carbocycles. The predicted octanol–water partition coefficient (Wildman–Crippen LogP) is 6.97. The van der Waals surface area contributed by atoms with Gasteiger partial charge in [-0.25, -0.2) is 10.1 Å². The van der Waals surface area contributed by atoms with E-state index in [4.69, 9.17) is 4.74 Å². The van der Waals surface area contributed by atoms with Gasteiger partial charge in [0.1, 0.15) is 12.4 Å². The summed E-state index contributed by atoms with van der Waals surface area (Å²) in [6, 6.07) is 25.4. The van der Waals surface area contributed by atoms with Crippen LogP contribution in [0.3, 0.4) is 0 Å². The summed E-state index contributed by atoms with van der Waals surface area (Å²) >= 11 is 6.95. The maximum Gasteiger partial charge on any atom is 0.257 e. The van der Waals surface area contributed by atoms with Gasteiger partial charge in [-0.1, -0.05) is 56.1 Å². The number of nitrogens with zero attached hydrogens (tertiary/aromatic N) is 6. The van der Waals surface area contributed by atoms with Gasteiger partial charge in [0.05, 0.1) is 11.9 Å². The Morgan fingerprint density at radius 2 is 1.67 bits per heavy atom. The molecule has 0 saturated heterocycles. The Labute approximate surface area is 242 Å². The Morgan fingerprint density at radius 3 is 2.44 bits per heavy atom. The molecule has 0 spiro atoms. The minimum Gasteiger partial charge on any atom is -0.488 e. The van der Waals surface area contributed by atoms with Gasteiger partial charge in [-0.05, 0) is 74.0 Å². The lowest BCUT2D eigenvalue weighted by Gasteiger charge is -2.10. The van der Waals surface area contributed by atoms with Crippen molar-refractivity contribution in [2.45, 2.75) is 20.5 Å². The van der Waals surface area contributed by atoms with E-state index in [2.05, 4.69) is 67.8 Å². The fourth-order valence-electron chi connectivity index (χ4n) is 3.73. The van der Waals surface area contributed by atoms with E-state index in [1.807, 2.05) is 92.7 Å². The Balaban J connectivity index is 1.37. The van der Waals surface area contributed by atoms with E-state index in [0.29, 0.717) is 24.3 Å². The van der Waals surface area contributed by atoms with Crippen molar-refractivity contribution in [2.24, 2.45) is 5.10 Å². The first-order chi connectivity index (χ1) is 18.9. The number of hydrogen-bond donors (Lipinski definition) is 2. The van der Waals surface area contributed by atoms with Crippen molar-refractivity contribution in [3.8, 4) is 11.7 Å². The predicted molar refractivity (Wildman–Crippen MR) is 160 cm³/mol. The second-order valence-corrected chi connectivity index (χ2v) is 10.4. The first-order valence-electron chi connectivity index (χ1n) is 12.0. The number of hydrazone groups is 1. The molecule has 0 unspecified atom stereocenters. The summed E-state index contributed by atoms with van der Waals surface area (Å²) in [7, 11) is 0. The van der Waals surface area contributed by atoms with E-state index < -0.39 is 0 Å². The smallest absolute Gasteiger partial charge is 0.257 e. The van der Waals surface area contributed by atoms with Gasteiger partial charge in [-0.3, -0.25) is 0 Å². The lowest BCUT2D eigenvalue weighted by atomic mass is 10.2. The second kappa shape index (κ2) is 12.2. The van der Waals surface area contributed by atoms with E-state index in [1.165, 1.54) is 0 Å². The maximum absolute atomic E-state index is 6.06. The van der Waals surface area contributed by atoms with Gasteiger partial charge in [0.15, 0.2) is 0 Å². The van der Waals surface area contributed by atoms with Crippen LogP contribution in [0.4, 0.5) is 17.6 Å². The number of aryl methyl sites for hydroxylation is 2. The summed E-state index contributed by atoms with van der Waals surface area (Å²) in [5.74, 6) is 1.69. The number of nitrogens with one attached hydrogen (secondary N) is 2. The number of benzene rings is 3. The standard InChI is InChI=1S/C28H24Br2N8O/c1-18-14-19(2)38(37-18)28-34-26(32-24-12-10-22(29)11-13-24)33-27(35-28)36-31-16-21-7-3-4-9-25(21)39-17-20-6-5-8-23(30)15-20/h3-16H,17H2,1-2H3,(H2,32,33,34,35,36)/b31-16+. The van der Waals surface area contributed by atoms with Gasteiger partial charge in [-0.2, -0.15) is 25.2 Å². The van der Waals surface area contributed by atoms with E-state index in [9.17, 15) is 0 Å². The lowest BCUT2D eigenvalue weighted by molar-refractivity contribution is 0.305. The number of hydrogen-bond acceptors (Lipinski definition) is 8. The van der Waals surface area contributed by atoms with E-state index in [1.54, 1.807) is 10.9 Å². The quantitative estimate of drug-likeness (QED) is 0.132. The van der Waals surface area contributed by atoms with Crippen LogP contribution in [0.2, 0.25) is 0 Å². The second-order valence-electron chi connectivity index (χ2n) is 8.58. The zero-order chi connectivity index (χ0) is 27.2. The van der Waals surface area contributed by atoms with Crippen LogP contribution in [0.1, 0.15) is 22.5 Å². The number of para-hydroxylation sites is 1. The number of rotatable bonds is 9. The van der Waals surface area contributed by atoms with Crippen LogP contribution in [-0.4, -0.2) is 30.9 Å². The normalized spacial score (nSPS) is 11.1. The Hall–Kier alpha value is -4.09. The molecule has 0 saturated carbocycles. The molecular weight excluding hydrogens is 624 g/mol. The van der Waals surface area contributed by atoms with Crippen molar-refractivity contribution in [3.63, 3.8) is 0 Å². The largest absolute Gasteiger partial charge is 0.488 e. The van der Waals surface area contributed by atoms with E-state index in [-0.39, 0.29) is 5.95 Å². The van der Waals surface area contributed by atoms with Gasteiger partial charge in [-0.15, -0.1) is 0 Å². The third kappa shape index (κ3) is 7.06. The van der Waals surface area contributed by atoms with Crippen LogP contribution < -0.4 is 15.5 Å². The summed E-state index contributed by atoms with van der Waals surface area (Å²) in [5.41, 5.74) is 7.39. The summed E-state index contributed by atoms with van der Waals surface area (Å²) < 4.78 is 9.72. The highest BCUT2D eigenvalue weighted by Gasteiger charge is 2.12. The molecule has 0 aliphatic rings. The minimum atomic E-state index is 0.260.